The first-order chi connectivity index (χ1) is 11.7. The molecular formula is C19H18N2O2S. The lowest BCUT2D eigenvalue weighted by molar-refractivity contribution is 0.396. The summed E-state index contributed by atoms with van der Waals surface area (Å²) in [6, 6.07) is 16.9. The van der Waals surface area contributed by atoms with Gasteiger partial charge in [-0.1, -0.05) is 30.3 Å². The van der Waals surface area contributed by atoms with E-state index in [0.29, 0.717) is 11.4 Å². The Balaban J connectivity index is 1.75. The van der Waals surface area contributed by atoms with Crippen molar-refractivity contribution in [3.63, 3.8) is 0 Å². The number of aromatic nitrogens is 1. The van der Waals surface area contributed by atoms with E-state index in [9.17, 15) is 8.42 Å². The minimum Gasteiger partial charge on any atom is -0.265 e. The molecule has 4 nitrogen and oxygen atoms in total. The van der Waals surface area contributed by atoms with Crippen molar-refractivity contribution in [2.75, 3.05) is 6.54 Å². The minimum atomic E-state index is -3.51. The average molecular weight is 338 g/mol. The Bertz CT molecular complexity index is 971. The van der Waals surface area contributed by atoms with Gasteiger partial charge < -0.3 is 0 Å². The Labute approximate surface area is 141 Å². The summed E-state index contributed by atoms with van der Waals surface area (Å²) in [5.41, 5.74) is 1.01. The number of sulfonamides is 1. The molecule has 1 fully saturated rings. The molecule has 1 atom stereocenters. The topological polar surface area (TPSA) is 50.3 Å². The predicted octanol–water partition coefficient (Wildman–Crippen LogP) is 3.76. The van der Waals surface area contributed by atoms with Gasteiger partial charge in [0, 0.05) is 18.9 Å². The Morgan fingerprint density at radius 3 is 2.50 bits per heavy atom. The van der Waals surface area contributed by atoms with Crippen LogP contribution in [0, 0.1) is 0 Å². The number of benzene rings is 2. The Hall–Kier alpha value is -2.24. The molecule has 0 spiro atoms. The quantitative estimate of drug-likeness (QED) is 0.730. The van der Waals surface area contributed by atoms with Gasteiger partial charge in [-0.05, 0) is 53.4 Å². The smallest absolute Gasteiger partial charge is 0.243 e. The number of fused-ring (bicyclic) bond motifs is 1. The standard InChI is InChI=1S/C19H18N2O2S/c22-24(23,18-8-7-15-4-1-2-5-17(15)14-18)21-13-3-6-19(21)16-9-11-20-12-10-16/h1-2,4-5,7-12,14,19H,3,6,13H2/t19-/m0/s1. The van der Waals surface area contributed by atoms with Gasteiger partial charge in [-0.3, -0.25) is 4.98 Å². The molecule has 0 N–H and O–H groups in total. The molecule has 1 aromatic heterocycles. The highest BCUT2D eigenvalue weighted by Gasteiger charge is 2.36. The summed E-state index contributed by atoms with van der Waals surface area (Å²) in [5.74, 6) is 0. The van der Waals surface area contributed by atoms with E-state index in [2.05, 4.69) is 4.98 Å². The lowest BCUT2D eigenvalue weighted by Crippen LogP contribution is -2.30. The van der Waals surface area contributed by atoms with E-state index in [-0.39, 0.29) is 6.04 Å². The average Bonchev–Trinajstić information content (AvgIpc) is 3.13. The highest BCUT2D eigenvalue weighted by molar-refractivity contribution is 7.89. The van der Waals surface area contributed by atoms with Gasteiger partial charge in [-0.25, -0.2) is 8.42 Å². The van der Waals surface area contributed by atoms with Gasteiger partial charge in [0.1, 0.15) is 0 Å². The monoisotopic (exact) mass is 338 g/mol. The van der Waals surface area contributed by atoms with Crippen LogP contribution in [0.3, 0.4) is 0 Å². The largest absolute Gasteiger partial charge is 0.265 e. The molecule has 1 aliphatic rings. The van der Waals surface area contributed by atoms with E-state index < -0.39 is 10.0 Å². The van der Waals surface area contributed by atoms with Gasteiger partial charge >= 0.3 is 0 Å². The van der Waals surface area contributed by atoms with E-state index in [0.717, 1.165) is 29.2 Å². The second kappa shape index (κ2) is 6.00. The van der Waals surface area contributed by atoms with Crippen molar-refractivity contribution in [1.82, 2.24) is 9.29 Å². The maximum absolute atomic E-state index is 13.2. The lowest BCUT2D eigenvalue weighted by atomic mass is 10.1. The third-order valence-corrected chi connectivity index (χ3v) is 6.53. The zero-order chi connectivity index (χ0) is 16.6. The SMILES string of the molecule is O=S(=O)(c1ccc2ccccc2c1)N1CCC[C@H]1c1ccncc1. The van der Waals surface area contributed by atoms with Crippen LogP contribution in [0.2, 0.25) is 0 Å². The van der Waals surface area contributed by atoms with Crippen LogP contribution in [-0.2, 0) is 10.0 Å². The maximum Gasteiger partial charge on any atom is 0.243 e. The summed E-state index contributed by atoms with van der Waals surface area (Å²) in [7, 11) is -3.51. The molecule has 0 unspecified atom stereocenters. The number of hydrogen-bond donors (Lipinski definition) is 0. The molecular weight excluding hydrogens is 320 g/mol. The summed E-state index contributed by atoms with van der Waals surface area (Å²) in [6.45, 7) is 0.558. The number of rotatable bonds is 3. The normalized spacial score (nSPS) is 18.9. The third kappa shape index (κ3) is 2.60. The highest BCUT2D eigenvalue weighted by Crippen LogP contribution is 2.36. The van der Waals surface area contributed by atoms with Gasteiger partial charge in [-0.15, -0.1) is 0 Å². The van der Waals surface area contributed by atoms with Crippen LogP contribution in [-0.4, -0.2) is 24.3 Å². The summed E-state index contributed by atoms with van der Waals surface area (Å²) < 4.78 is 28.0. The first-order valence-electron chi connectivity index (χ1n) is 8.07. The molecule has 5 heteroatoms. The molecule has 1 saturated heterocycles. The van der Waals surface area contributed by atoms with Crippen LogP contribution in [0.5, 0.6) is 0 Å². The van der Waals surface area contributed by atoms with Gasteiger partial charge in [0.15, 0.2) is 0 Å². The van der Waals surface area contributed by atoms with E-state index >= 15 is 0 Å². The van der Waals surface area contributed by atoms with Gasteiger partial charge in [0.25, 0.3) is 0 Å². The fourth-order valence-corrected chi connectivity index (χ4v) is 5.13. The van der Waals surface area contributed by atoms with E-state index in [4.69, 9.17) is 0 Å². The van der Waals surface area contributed by atoms with E-state index in [1.807, 2.05) is 42.5 Å². The van der Waals surface area contributed by atoms with Crippen LogP contribution in [0.4, 0.5) is 0 Å². The van der Waals surface area contributed by atoms with Crippen LogP contribution >= 0.6 is 0 Å². The van der Waals surface area contributed by atoms with Crippen LogP contribution in [0.25, 0.3) is 10.8 Å². The molecule has 122 valence electrons. The molecule has 0 bridgehead atoms. The van der Waals surface area contributed by atoms with Crippen molar-refractivity contribution < 1.29 is 8.42 Å². The zero-order valence-corrected chi connectivity index (χ0v) is 14.0. The van der Waals surface area contributed by atoms with Crippen molar-refractivity contribution >= 4 is 20.8 Å². The fraction of sp³-hybridized carbons (Fsp3) is 0.211. The fourth-order valence-electron chi connectivity index (χ4n) is 3.41. The molecule has 3 aromatic rings. The van der Waals surface area contributed by atoms with Gasteiger partial charge in [0.2, 0.25) is 10.0 Å². The maximum atomic E-state index is 13.2. The summed E-state index contributed by atoms with van der Waals surface area (Å²) in [6.07, 6.45) is 5.15. The van der Waals surface area contributed by atoms with Crippen LogP contribution in [0.1, 0.15) is 24.4 Å². The van der Waals surface area contributed by atoms with E-state index in [1.54, 1.807) is 28.8 Å². The summed E-state index contributed by atoms with van der Waals surface area (Å²) in [5, 5.41) is 1.99. The van der Waals surface area contributed by atoms with E-state index in [1.165, 1.54) is 0 Å². The minimum absolute atomic E-state index is 0.107. The van der Waals surface area contributed by atoms with Crippen molar-refractivity contribution in [2.24, 2.45) is 0 Å². The van der Waals surface area contributed by atoms with Gasteiger partial charge in [-0.2, -0.15) is 4.31 Å². The Morgan fingerprint density at radius 1 is 0.958 bits per heavy atom. The first kappa shape index (κ1) is 15.3. The lowest BCUT2D eigenvalue weighted by Gasteiger charge is -2.24. The number of nitrogens with zero attached hydrogens (tertiary/aromatic N) is 2. The summed E-state index contributed by atoms with van der Waals surface area (Å²) >= 11 is 0. The molecule has 2 aromatic carbocycles. The first-order valence-corrected chi connectivity index (χ1v) is 9.51. The van der Waals surface area contributed by atoms with Crippen molar-refractivity contribution in [1.29, 1.82) is 0 Å². The van der Waals surface area contributed by atoms with Crippen molar-refractivity contribution in [3.8, 4) is 0 Å². The Kier molecular flexibility index (Phi) is 3.82. The number of hydrogen-bond acceptors (Lipinski definition) is 3. The molecule has 0 radical (unpaired) electrons. The molecule has 4 rings (SSSR count). The molecule has 0 aliphatic carbocycles. The molecule has 0 saturated carbocycles. The predicted molar refractivity (Wildman–Crippen MR) is 94.1 cm³/mol. The second-order valence-electron chi connectivity index (χ2n) is 6.06. The van der Waals surface area contributed by atoms with Crippen LogP contribution in [0.15, 0.2) is 71.9 Å². The highest BCUT2D eigenvalue weighted by atomic mass is 32.2. The van der Waals surface area contributed by atoms with Crippen molar-refractivity contribution in [3.05, 3.63) is 72.6 Å². The number of pyridine rings is 1. The zero-order valence-electron chi connectivity index (χ0n) is 13.2. The molecule has 2 heterocycles. The third-order valence-electron chi connectivity index (χ3n) is 4.62. The molecule has 24 heavy (non-hydrogen) atoms. The molecule has 0 amide bonds. The van der Waals surface area contributed by atoms with Gasteiger partial charge in [0.05, 0.1) is 10.9 Å². The Morgan fingerprint density at radius 2 is 1.71 bits per heavy atom. The second-order valence-corrected chi connectivity index (χ2v) is 7.95. The van der Waals surface area contributed by atoms with Crippen molar-refractivity contribution in [2.45, 2.75) is 23.8 Å². The van der Waals surface area contributed by atoms with Crippen LogP contribution < -0.4 is 0 Å². The summed E-state index contributed by atoms with van der Waals surface area (Å²) in [4.78, 5) is 4.39. The molecule has 1 aliphatic heterocycles.